The molecule has 0 spiro atoms. The van der Waals surface area contributed by atoms with Gasteiger partial charge in [-0.05, 0) is 87.4 Å². The lowest BCUT2D eigenvalue weighted by atomic mass is 10.0. The van der Waals surface area contributed by atoms with Crippen LogP contribution in [0.1, 0.15) is 37.5 Å². The Balaban J connectivity index is 1.83. The Labute approximate surface area is 289 Å². The quantitative estimate of drug-likeness (QED) is 0.170. The highest BCUT2D eigenvalue weighted by atomic mass is 79.9. The minimum absolute atomic E-state index is 0.0243. The first-order valence-corrected chi connectivity index (χ1v) is 17.6. The predicted octanol–water partition coefficient (Wildman–Crippen LogP) is 7.81. The van der Waals surface area contributed by atoms with Crippen LogP contribution < -0.4 is 9.62 Å². The lowest BCUT2D eigenvalue weighted by Gasteiger charge is -2.35. The molecule has 0 radical (unpaired) electrons. The Morgan fingerprint density at radius 1 is 0.848 bits per heavy atom. The topological polar surface area (TPSA) is 86.8 Å². The third-order valence-corrected chi connectivity index (χ3v) is 10.2. The van der Waals surface area contributed by atoms with Crippen molar-refractivity contribution in [2.75, 3.05) is 10.8 Å². The fourth-order valence-corrected chi connectivity index (χ4v) is 6.81. The normalized spacial score (nSPS) is 12.3. The molecule has 11 heteroatoms. The van der Waals surface area contributed by atoms with Gasteiger partial charge in [-0.25, -0.2) is 8.42 Å². The molecule has 0 saturated heterocycles. The second kappa shape index (κ2) is 15.0. The van der Waals surface area contributed by atoms with Crippen molar-refractivity contribution in [1.82, 2.24) is 10.2 Å². The van der Waals surface area contributed by atoms with Gasteiger partial charge in [0.15, 0.2) is 0 Å². The van der Waals surface area contributed by atoms with Gasteiger partial charge in [-0.3, -0.25) is 13.9 Å². The van der Waals surface area contributed by atoms with E-state index in [0.29, 0.717) is 21.3 Å². The summed E-state index contributed by atoms with van der Waals surface area (Å²) in [6, 6.07) is 26.5. The van der Waals surface area contributed by atoms with Crippen LogP contribution in [0.2, 0.25) is 10.0 Å². The van der Waals surface area contributed by atoms with Gasteiger partial charge in [0, 0.05) is 23.0 Å². The van der Waals surface area contributed by atoms with Gasteiger partial charge in [0.25, 0.3) is 10.0 Å². The second-order valence-electron chi connectivity index (χ2n) is 12.0. The standard InChI is InChI=1S/C35H36BrCl2N3O4S/c1-24-10-17-29(18-11-24)46(44,45)41(28-15-13-27(36)14-16-28)23-33(42)40(22-26-12-19-30(37)31(38)20-26)32(34(43)39-35(2,3)4)21-25-8-6-5-7-9-25/h5-20,32H,21-23H2,1-4H3,(H,39,43)/t32-/m1/s1. The second-order valence-corrected chi connectivity index (χ2v) is 15.6. The molecule has 4 aromatic carbocycles. The van der Waals surface area contributed by atoms with E-state index in [4.69, 9.17) is 23.2 Å². The molecule has 0 fully saturated rings. The molecule has 0 bridgehead atoms. The summed E-state index contributed by atoms with van der Waals surface area (Å²) in [4.78, 5) is 30.0. The minimum Gasteiger partial charge on any atom is -0.350 e. The highest BCUT2D eigenvalue weighted by Crippen LogP contribution is 2.28. The SMILES string of the molecule is Cc1ccc(S(=O)(=O)N(CC(=O)N(Cc2ccc(Cl)c(Cl)c2)[C@H](Cc2ccccc2)C(=O)NC(C)(C)C)c2ccc(Br)cc2)cc1. The van der Waals surface area contributed by atoms with Crippen LogP contribution in [0.25, 0.3) is 0 Å². The molecule has 46 heavy (non-hydrogen) atoms. The number of nitrogens with one attached hydrogen (secondary N) is 1. The van der Waals surface area contributed by atoms with E-state index in [9.17, 15) is 18.0 Å². The number of nitrogens with zero attached hydrogens (tertiary/aromatic N) is 2. The molecule has 0 aromatic heterocycles. The molecule has 4 aromatic rings. The molecule has 1 N–H and O–H groups in total. The highest BCUT2D eigenvalue weighted by Gasteiger charge is 2.35. The number of aryl methyl sites for hydroxylation is 1. The van der Waals surface area contributed by atoms with Crippen LogP contribution in [0.5, 0.6) is 0 Å². The van der Waals surface area contributed by atoms with E-state index in [1.807, 2.05) is 58.0 Å². The number of amides is 2. The maximum atomic E-state index is 14.6. The number of carbonyl (C=O) groups is 2. The molecule has 1 atom stereocenters. The number of anilines is 1. The molecule has 0 aliphatic rings. The van der Waals surface area contributed by atoms with Gasteiger partial charge in [0.05, 0.1) is 20.6 Å². The van der Waals surface area contributed by atoms with Gasteiger partial charge in [0.1, 0.15) is 12.6 Å². The van der Waals surface area contributed by atoms with Crippen molar-refractivity contribution in [2.45, 2.75) is 57.1 Å². The first kappa shape index (κ1) is 35.5. The number of carbonyl (C=O) groups excluding carboxylic acids is 2. The predicted molar refractivity (Wildman–Crippen MR) is 189 cm³/mol. The third kappa shape index (κ3) is 9.35. The molecule has 0 heterocycles. The van der Waals surface area contributed by atoms with Crippen LogP contribution in [0, 0.1) is 6.92 Å². The van der Waals surface area contributed by atoms with Crippen LogP contribution in [-0.2, 0) is 32.6 Å². The van der Waals surface area contributed by atoms with Crippen molar-refractivity contribution in [3.8, 4) is 0 Å². The Morgan fingerprint density at radius 3 is 2.07 bits per heavy atom. The lowest BCUT2D eigenvalue weighted by molar-refractivity contribution is -0.140. The summed E-state index contributed by atoms with van der Waals surface area (Å²) in [5, 5.41) is 3.66. The average Bonchev–Trinajstić information content (AvgIpc) is 2.99. The molecule has 7 nitrogen and oxygen atoms in total. The number of hydrogen-bond donors (Lipinski definition) is 1. The average molecular weight is 746 g/mol. The van der Waals surface area contributed by atoms with Crippen LogP contribution in [-0.4, -0.2) is 43.3 Å². The van der Waals surface area contributed by atoms with E-state index in [0.717, 1.165) is 19.9 Å². The summed E-state index contributed by atoms with van der Waals surface area (Å²) in [5.74, 6) is -0.948. The smallest absolute Gasteiger partial charge is 0.264 e. The summed E-state index contributed by atoms with van der Waals surface area (Å²) >= 11 is 15.9. The summed E-state index contributed by atoms with van der Waals surface area (Å²) < 4.78 is 30.1. The third-order valence-electron chi connectivity index (χ3n) is 7.11. The van der Waals surface area contributed by atoms with Crippen LogP contribution in [0.3, 0.4) is 0 Å². The van der Waals surface area contributed by atoms with Gasteiger partial charge in [-0.1, -0.05) is 93.2 Å². The molecule has 4 rings (SSSR count). The van der Waals surface area contributed by atoms with Gasteiger partial charge < -0.3 is 10.2 Å². The molecule has 0 aliphatic carbocycles. The monoisotopic (exact) mass is 743 g/mol. The van der Waals surface area contributed by atoms with Crippen LogP contribution in [0.4, 0.5) is 5.69 Å². The molecule has 0 aliphatic heterocycles. The molecule has 0 unspecified atom stereocenters. The summed E-state index contributed by atoms with van der Waals surface area (Å²) in [7, 11) is -4.20. The zero-order valence-electron chi connectivity index (χ0n) is 26.0. The van der Waals surface area contributed by atoms with E-state index in [1.54, 1.807) is 54.6 Å². The Bertz CT molecular complexity index is 1780. The number of rotatable bonds is 11. The van der Waals surface area contributed by atoms with Crippen LogP contribution >= 0.6 is 39.1 Å². The number of halogens is 3. The molecular formula is C35H36BrCl2N3O4S. The van der Waals surface area contributed by atoms with Crippen molar-refractivity contribution in [3.63, 3.8) is 0 Å². The maximum absolute atomic E-state index is 14.6. The van der Waals surface area contributed by atoms with E-state index in [-0.39, 0.29) is 23.8 Å². The lowest BCUT2D eigenvalue weighted by Crippen LogP contribution is -2.56. The van der Waals surface area contributed by atoms with Crippen LogP contribution in [0.15, 0.2) is 106 Å². The van der Waals surface area contributed by atoms with Gasteiger partial charge in [-0.2, -0.15) is 0 Å². The molecule has 0 saturated carbocycles. The van der Waals surface area contributed by atoms with Crippen molar-refractivity contribution in [3.05, 3.63) is 128 Å². The maximum Gasteiger partial charge on any atom is 0.264 e. The van der Waals surface area contributed by atoms with Gasteiger partial charge >= 0.3 is 0 Å². The van der Waals surface area contributed by atoms with Crippen molar-refractivity contribution in [1.29, 1.82) is 0 Å². The van der Waals surface area contributed by atoms with E-state index >= 15 is 0 Å². The number of hydrogen-bond acceptors (Lipinski definition) is 4. The highest BCUT2D eigenvalue weighted by molar-refractivity contribution is 9.10. The molecule has 2 amide bonds. The van der Waals surface area contributed by atoms with Gasteiger partial charge in [-0.15, -0.1) is 0 Å². The Hall–Kier alpha value is -3.37. The first-order chi connectivity index (χ1) is 21.6. The van der Waals surface area contributed by atoms with Crippen molar-refractivity contribution in [2.24, 2.45) is 0 Å². The number of sulfonamides is 1. The largest absolute Gasteiger partial charge is 0.350 e. The summed E-state index contributed by atoms with van der Waals surface area (Å²) in [6.45, 7) is 6.86. The molecular weight excluding hydrogens is 709 g/mol. The van der Waals surface area contributed by atoms with E-state index in [1.165, 1.54) is 17.0 Å². The Kier molecular flexibility index (Phi) is 11.6. The zero-order valence-corrected chi connectivity index (χ0v) is 29.9. The van der Waals surface area contributed by atoms with Crippen molar-refractivity contribution >= 4 is 66.7 Å². The fraction of sp³-hybridized carbons (Fsp3) is 0.257. The number of benzene rings is 4. The molecule has 242 valence electrons. The Morgan fingerprint density at radius 2 is 1.48 bits per heavy atom. The van der Waals surface area contributed by atoms with E-state index in [2.05, 4.69) is 21.2 Å². The van der Waals surface area contributed by atoms with Crippen molar-refractivity contribution < 1.29 is 18.0 Å². The van der Waals surface area contributed by atoms with E-state index < -0.39 is 34.1 Å². The summed E-state index contributed by atoms with van der Waals surface area (Å²) in [6.07, 6.45) is 0.193. The first-order valence-electron chi connectivity index (χ1n) is 14.6. The fourth-order valence-electron chi connectivity index (χ4n) is 4.82. The minimum atomic E-state index is -4.20. The zero-order chi connectivity index (χ0) is 33.6. The van der Waals surface area contributed by atoms with Gasteiger partial charge in [0.2, 0.25) is 11.8 Å². The summed E-state index contributed by atoms with van der Waals surface area (Å²) in [5.41, 5.74) is 2.06.